The van der Waals surface area contributed by atoms with E-state index in [1.54, 1.807) is 18.3 Å². The highest BCUT2D eigenvalue weighted by Crippen LogP contribution is 2.33. The van der Waals surface area contributed by atoms with Gasteiger partial charge in [0.2, 0.25) is 0 Å². The molecule has 2 nitrogen and oxygen atoms in total. The number of aromatic nitrogens is 1. The fourth-order valence-corrected chi connectivity index (χ4v) is 2.37. The Morgan fingerprint density at radius 2 is 2.16 bits per heavy atom. The first-order valence-electron chi connectivity index (χ1n) is 5.81. The SMILES string of the molecule is CCc1cccnc1C(O)c1ccc(Br)c(Cl)c1F. The van der Waals surface area contributed by atoms with Crippen LogP contribution in [-0.4, -0.2) is 10.1 Å². The summed E-state index contributed by atoms with van der Waals surface area (Å²) in [6, 6.07) is 6.77. The number of halogens is 3. The molecule has 0 fully saturated rings. The number of aliphatic hydroxyl groups is 1. The number of aliphatic hydroxyl groups excluding tert-OH is 1. The summed E-state index contributed by atoms with van der Waals surface area (Å²) < 4.78 is 14.5. The van der Waals surface area contributed by atoms with Gasteiger partial charge in [-0.3, -0.25) is 4.98 Å². The van der Waals surface area contributed by atoms with Crippen LogP contribution < -0.4 is 0 Å². The van der Waals surface area contributed by atoms with E-state index in [4.69, 9.17) is 11.6 Å². The molecule has 2 rings (SSSR count). The molecule has 2 aromatic rings. The third-order valence-corrected chi connectivity index (χ3v) is 4.18. The van der Waals surface area contributed by atoms with Crippen LogP contribution >= 0.6 is 27.5 Å². The van der Waals surface area contributed by atoms with Gasteiger partial charge in [0, 0.05) is 16.2 Å². The predicted molar refractivity (Wildman–Crippen MR) is 76.8 cm³/mol. The third kappa shape index (κ3) is 2.81. The zero-order valence-corrected chi connectivity index (χ0v) is 12.5. The van der Waals surface area contributed by atoms with Gasteiger partial charge in [-0.1, -0.05) is 30.7 Å². The summed E-state index contributed by atoms with van der Waals surface area (Å²) >= 11 is 8.98. The van der Waals surface area contributed by atoms with E-state index in [0.29, 0.717) is 16.6 Å². The van der Waals surface area contributed by atoms with Gasteiger partial charge in [0.05, 0.1) is 10.7 Å². The highest BCUT2D eigenvalue weighted by molar-refractivity contribution is 9.10. The summed E-state index contributed by atoms with van der Waals surface area (Å²) in [5.41, 5.74) is 1.47. The molecule has 1 unspecified atom stereocenters. The predicted octanol–water partition coefficient (Wildman–Crippen LogP) is 4.28. The van der Waals surface area contributed by atoms with Crippen LogP contribution in [0.15, 0.2) is 34.9 Å². The van der Waals surface area contributed by atoms with E-state index >= 15 is 0 Å². The number of aryl methyl sites for hydroxylation is 1. The minimum absolute atomic E-state index is 0.0365. The quantitative estimate of drug-likeness (QED) is 0.843. The van der Waals surface area contributed by atoms with Crippen molar-refractivity contribution in [3.63, 3.8) is 0 Å². The first-order valence-corrected chi connectivity index (χ1v) is 6.98. The summed E-state index contributed by atoms with van der Waals surface area (Å²) in [5, 5.41) is 10.3. The van der Waals surface area contributed by atoms with Gasteiger partial charge < -0.3 is 5.11 Å². The van der Waals surface area contributed by atoms with Crippen LogP contribution in [0.4, 0.5) is 4.39 Å². The lowest BCUT2D eigenvalue weighted by Crippen LogP contribution is -2.08. The van der Waals surface area contributed by atoms with Crippen molar-refractivity contribution in [2.75, 3.05) is 0 Å². The summed E-state index contributed by atoms with van der Waals surface area (Å²) in [7, 11) is 0. The van der Waals surface area contributed by atoms with Crippen LogP contribution in [0.3, 0.4) is 0 Å². The lowest BCUT2D eigenvalue weighted by atomic mass is 10.0. The Bertz CT molecular complexity index is 606. The Morgan fingerprint density at radius 1 is 1.42 bits per heavy atom. The third-order valence-electron chi connectivity index (χ3n) is 2.93. The van der Waals surface area contributed by atoms with E-state index < -0.39 is 11.9 Å². The lowest BCUT2D eigenvalue weighted by Gasteiger charge is -2.15. The number of rotatable bonds is 3. The van der Waals surface area contributed by atoms with E-state index in [1.165, 1.54) is 6.07 Å². The number of benzene rings is 1. The van der Waals surface area contributed by atoms with Crippen LogP contribution in [0.2, 0.25) is 5.02 Å². The van der Waals surface area contributed by atoms with Gasteiger partial charge >= 0.3 is 0 Å². The van der Waals surface area contributed by atoms with Gasteiger partial charge in [0.25, 0.3) is 0 Å². The molecule has 0 saturated carbocycles. The van der Waals surface area contributed by atoms with Crippen LogP contribution in [0, 0.1) is 5.82 Å². The van der Waals surface area contributed by atoms with Gasteiger partial charge in [0.15, 0.2) is 0 Å². The maximum Gasteiger partial charge on any atom is 0.149 e. The molecule has 0 aliphatic heterocycles. The van der Waals surface area contributed by atoms with Crippen LogP contribution in [0.5, 0.6) is 0 Å². The van der Waals surface area contributed by atoms with Crippen molar-refractivity contribution in [3.05, 3.63) is 62.6 Å². The fraction of sp³-hybridized carbons (Fsp3) is 0.214. The smallest absolute Gasteiger partial charge is 0.149 e. The molecule has 0 aliphatic rings. The maximum atomic E-state index is 14.1. The Balaban J connectivity index is 2.50. The zero-order valence-electron chi connectivity index (χ0n) is 10.2. The Labute approximate surface area is 124 Å². The molecule has 1 heterocycles. The van der Waals surface area contributed by atoms with Crippen molar-refractivity contribution in [2.45, 2.75) is 19.4 Å². The standard InChI is InChI=1S/C14H12BrClFNO/c1-2-8-4-3-7-18-13(8)14(19)9-5-6-10(15)11(16)12(9)17/h3-7,14,19H,2H2,1H3. The second kappa shape index (κ2) is 5.99. The van der Waals surface area contributed by atoms with Crippen LogP contribution in [0.25, 0.3) is 0 Å². The van der Waals surface area contributed by atoms with Crippen LogP contribution in [-0.2, 0) is 6.42 Å². The minimum Gasteiger partial charge on any atom is -0.382 e. The van der Waals surface area contributed by atoms with Crippen molar-refractivity contribution < 1.29 is 9.50 Å². The highest BCUT2D eigenvalue weighted by atomic mass is 79.9. The van der Waals surface area contributed by atoms with Gasteiger partial charge in [-0.05, 0) is 40.0 Å². The van der Waals surface area contributed by atoms with E-state index in [-0.39, 0.29) is 10.6 Å². The largest absolute Gasteiger partial charge is 0.382 e. The molecule has 1 N–H and O–H groups in total. The molecule has 0 bridgehead atoms. The van der Waals surface area contributed by atoms with E-state index in [9.17, 15) is 9.50 Å². The van der Waals surface area contributed by atoms with Crippen molar-refractivity contribution >= 4 is 27.5 Å². The average Bonchev–Trinajstić information content (AvgIpc) is 2.44. The molecule has 0 aliphatic carbocycles. The van der Waals surface area contributed by atoms with Gasteiger partial charge in [-0.15, -0.1) is 0 Å². The van der Waals surface area contributed by atoms with Gasteiger partial charge in [0.1, 0.15) is 11.9 Å². The molecule has 1 aromatic carbocycles. The molecular formula is C14H12BrClFNO. The van der Waals surface area contributed by atoms with E-state index in [2.05, 4.69) is 20.9 Å². The fourth-order valence-electron chi connectivity index (χ4n) is 1.90. The molecule has 100 valence electrons. The first kappa shape index (κ1) is 14.4. The van der Waals surface area contributed by atoms with Crippen molar-refractivity contribution in [3.8, 4) is 0 Å². The second-order valence-corrected chi connectivity index (χ2v) is 5.30. The molecule has 1 aromatic heterocycles. The van der Waals surface area contributed by atoms with Crippen molar-refractivity contribution in [2.24, 2.45) is 0 Å². The summed E-state index contributed by atoms with van der Waals surface area (Å²) in [5.74, 6) is -0.628. The number of hydrogen-bond acceptors (Lipinski definition) is 2. The normalized spacial score (nSPS) is 12.5. The Morgan fingerprint density at radius 3 is 2.84 bits per heavy atom. The minimum atomic E-state index is -1.12. The van der Waals surface area contributed by atoms with Crippen molar-refractivity contribution in [1.82, 2.24) is 4.98 Å². The monoisotopic (exact) mass is 343 g/mol. The number of nitrogens with zero attached hydrogens (tertiary/aromatic N) is 1. The maximum absolute atomic E-state index is 14.1. The van der Waals surface area contributed by atoms with Crippen LogP contribution in [0.1, 0.15) is 29.8 Å². The highest BCUT2D eigenvalue weighted by Gasteiger charge is 2.21. The lowest BCUT2D eigenvalue weighted by molar-refractivity contribution is 0.209. The topological polar surface area (TPSA) is 33.1 Å². The second-order valence-electron chi connectivity index (χ2n) is 4.07. The summed E-state index contributed by atoms with van der Waals surface area (Å²) in [6.45, 7) is 1.96. The number of hydrogen-bond donors (Lipinski definition) is 1. The van der Waals surface area contributed by atoms with Gasteiger partial charge in [-0.25, -0.2) is 4.39 Å². The molecule has 19 heavy (non-hydrogen) atoms. The van der Waals surface area contributed by atoms with E-state index in [1.807, 2.05) is 13.0 Å². The molecule has 0 saturated heterocycles. The zero-order chi connectivity index (χ0) is 14.0. The number of pyridine rings is 1. The van der Waals surface area contributed by atoms with E-state index in [0.717, 1.165) is 5.56 Å². The first-order chi connectivity index (χ1) is 9.06. The molecule has 0 amide bonds. The molecule has 0 spiro atoms. The average molecular weight is 345 g/mol. The Hall–Kier alpha value is -0.970. The summed E-state index contributed by atoms with van der Waals surface area (Å²) in [4.78, 5) is 4.15. The Kier molecular flexibility index (Phi) is 4.55. The molecule has 5 heteroatoms. The molecular weight excluding hydrogens is 333 g/mol. The molecule has 1 atom stereocenters. The summed E-state index contributed by atoms with van der Waals surface area (Å²) in [6.07, 6.45) is 1.17. The molecule has 0 radical (unpaired) electrons. The van der Waals surface area contributed by atoms with Crippen molar-refractivity contribution in [1.29, 1.82) is 0 Å². The van der Waals surface area contributed by atoms with Gasteiger partial charge in [-0.2, -0.15) is 0 Å².